The second-order valence-corrected chi connectivity index (χ2v) is 7.08. The number of rotatable bonds is 4. The second-order valence-electron chi connectivity index (χ2n) is 6.67. The van der Waals surface area contributed by atoms with E-state index >= 15 is 0 Å². The first kappa shape index (κ1) is 20.8. The lowest BCUT2D eigenvalue weighted by Crippen LogP contribution is -2.39. The third-order valence-corrected chi connectivity index (χ3v) is 3.63. The zero-order chi connectivity index (χ0) is 20.4. The van der Waals surface area contributed by atoms with Gasteiger partial charge in [0.25, 0.3) is 5.91 Å². The van der Waals surface area contributed by atoms with Crippen molar-refractivity contribution in [3.8, 4) is 0 Å². The Morgan fingerprint density at radius 2 is 1.63 bits per heavy atom. The van der Waals surface area contributed by atoms with Crippen molar-refractivity contribution in [1.82, 2.24) is 0 Å². The van der Waals surface area contributed by atoms with E-state index in [0.717, 1.165) is 35.2 Å². The highest BCUT2D eigenvalue weighted by atomic mass is 35.5. The number of esters is 1. The molecule has 27 heavy (non-hydrogen) atoms. The van der Waals surface area contributed by atoms with E-state index in [1.54, 1.807) is 20.8 Å². The Hall–Kier alpha value is -2.54. The number of hydrogen-bond donors (Lipinski definition) is 0. The molecule has 0 saturated heterocycles. The number of carbonyl (C=O) groups is 2. The Balaban J connectivity index is 2.47. The maximum Gasteiger partial charge on any atom is 0.326 e. The van der Waals surface area contributed by atoms with E-state index in [1.807, 2.05) is 0 Å². The monoisotopic (exact) mass is 399 g/mol. The molecule has 0 heterocycles. The fraction of sp³-hybridized carbons (Fsp3) is 0.263. The lowest BCUT2D eigenvalue weighted by Gasteiger charge is -2.25. The van der Waals surface area contributed by atoms with Crippen LogP contribution in [0.5, 0.6) is 0 Å². The van der Waals surface area contributed by atoms with Gasteiger partial charge in [0.1, 0.15) is 35.2 Å². The summed E-state index contributed by atoms with van der Waals surface area (Å²) in [6.07, 6.45) is 0. The van der Waals surface area contributed by atoms with E-state index in [9.17, 15) is 22.8 Å². The first-order chi connectivity index (χ1) is 12.5. The van der Waals surface area contributed by atoms with Crippen LogP contribution in [0, 0.1) is 17.5 Å². The van der Waals surface area contributed by atoms with Crippen LogP contribution in [0.4, 0.5) is 18.9 Å². The van der Waals surface area contributed by atoms with Crippen LogP contribution in [0.3, 0.4) is 0 Å². The predicted molar refractivity (Wildman–Crippen MR) is 95.3 cm³/mol. The molecule has 2 aromatic carbocycles. The molecule has 8 heteroatoms. The van der Waals surface area contributed by atoms with Crippen LogP contribution in [-0.4, -0.2) is 24.0 Å². The van der Waals surface area contributed by atoms with E-state index < -0.39 is 47.0 Å². The Morgan fingerprint density at radius 1 is 1.04 bits per heavy atom. The average Bonchev–Trinajstić information content (AvgIpc) is 2.53. The molecular formula is C19H17ClF3NO3. The maximum absolute atomic E-state index is 14.0. The standard InChI is InChI=1S/C19H17ClF3NO3/c1-19(2,3)27-16(25)10-24(11-7-8-13(21)12(20)9-11)18(26)17-14(22)5-4-6-15(17)23/h4-9H,10H2,1-3H3. The lowest BCUT2D eigenvalue weighted by atomic mass is 10.1. The van der Waals surface area contributed by atoms with Crippen LogP contribution in [-0.2, 0) is 9.53 Å². The molecule has 0 saturated carbocycles. The Bertz CT molecular complexity index is 861. The Kier molecular flexibility index (Phi) is 6.15. The van der Waals surface area contributed by atoms with Gasteiger partial charge in [0, 0.05) is 5.69 Å². The van der Waals surface area contributed by atoms with Gasteiger partial charge in [-0.15, -0.1) is 0 Å². The molecule has 4 nitrogen and oxygen atoms in total. The summed E-state index contributed by atoms with van der Waals surface area (Å²) in [6, 6.07) is 6.17. The molecule has 0 radical (unpaired) electrons. The Morgan fingerprint density at radius 3 is 2.15 bits per heavy atom. The van der Waals surface area contributed by atoms with Gasteiger partial charge in [0.05, 0.1) is 5.02 Å². The summed E-state index contributed by atoms with van der Waals surface area (Å²) in [5.74, 6) is -4.88. The average molecular weight is 400 g/mol. The van der Waals surface area contributed by atoms with E-state index in [-0.39, 0.29) is 10.7 Å². The van der Waals surface area contributed by atoms with Gasteiger partial charge in [-0.1, -0.05) is 17.7 Å². The van der Waals surface area contributed by atoms with E-state index in [4.69, 9.17) is 16.3 Å². The third kappa shape index (κ3) is 5.23. The number of carbonyl (C=O) groups excluding carboxylic acids is 2. The van der Waals surface area contributed by atoms with Gasteiger partial charge in [-0.3, -0.25) is 14.5 Å². The first-order valence-electron chi connectivity index (χ1n) is 7.92. The predicted octanol–water partition coefficient (Wildman–Crippen LogP) is 4.75. The highest BCUT2D eigenvalue weighted by Gasteiger charge is 2.28. The van der Waals surface area contributed by atoms with Crippen LogP contribution in [0.15, 0.2) is 36.4 Å². The molecule has 0 fully saturated rings. The van der Waals surface area contributed by atoms with Gasteiger partial charge in [-0.05, 0) is 51.1 Å². The number of amides is 1. The summed E-state index contributed by atoms with van der Waals surface area (Å²) >= 11 is 5.74. The first-order valence-corrected chi connectivity index (χ1v) is 8.30. The molecule has 0 bridgehead atoms. The number of halogens is 4. The number of nitrogens with zero attached hydrogens (tertiary/aromatic N) is 1. The molecule has 0 aliphatic heterocycles. The van der Waals surface area contributed by atoms with Crippen molar-refractivity contribution in [3.05, 3.63) is 64.4 Å². The lowest BCUT2D eigenvalue weighted by molar-refractivity contribution is -0.152. The normalized spacial score (nSPS) is 11.2. The van der Waals surface area contributed by atoms with Crippen molar-refractivity contribution in [3.63, 3.8) is 0 Å². The molecule has 0 aliphatic carbocycles. The molecule has 0 atom stereocenters. The topological polar surface area (TPSA) is 46.6 Å². The van der Waals surface area contributed by atoms with Crippen molar-refractivity contribution < 1.29 is 27.5 Å². The summed E-state index contributed by atoms with van der Waals surface area (Å²) in [6.45, 7) is 4.24. The summed E-state index contributed by atoms with van der Waals surface area (Å²) in [7, 11) is 0. The number of benzene rings is 2. The van der Waals surface area contributed by atoms with E-state index in [0.29, 0.717) is 0 Å². The second kappa shape index (κ2) is 8.00. The molecule has 2 aromatic rings. The minimum atomic E-state index is -1.13. The molecule has 0 aromatic heterocycles. The van der Waals surface area contributed by atoms with Gasteiger partial charge in [0.15, 0.2) is 0 Å². The van der Waals surface area contributed by atoms with Crippen molar-refractivity contribution in [2.45, 2.75) is 26.4 Å². The number of hydrogen-bond acceptors (Lipinski definition) is 3. The quantitative estimate of drug-likeness (QED) is 0.697. The summed E-state index contributed by atoms with van der Waals surface area (Å²) in [5.41, 5.74) is -1.70. The summed E-state index contributed by atoms with van der Waals surface area (Å²) < 4.78 is 46.7. The fourth-order valence-electron chi connectivity index (χ4n) is 2.27. The molecule has 0 unspecified atom stereocenters. The van der Waals surface area contributed by atoms with Crippen LogP contribution in [0.1, 0.15) is 31.1 Å². The molecule has 2 rings (SSSR count). The summed E-state index contributed by atoms with van der Waals surface area (Å²) in [5, 5.41) is -0.316. The molecule has 144 valence electrons. The van der Waals surface area contributed by atoms with Gasteiger partial charge in [-0.2, -0.15) is 0 Å². The zero-order valence-corrected chi connectivity index (χ0v) is 15.6. The highest BCUT2D eigenvalue weighted by Crippen LogP contribution is 2.26. The van der Waals surface area contributed by atoms with E-state index in [1.165, 1.54) is 6.07 Å². The maximum atomic E-state index is 14.0. The van der Waals surface area contributed by atoms with Crippen LogP contribution >= 0.6 is 11.6 Å². The SMILES string of the molecule is CC(C)(C)OC(=O)CN(C(=O)c1c(F)cccc1F)c1ccc(F)c(Cl)c1. The van der Waals surface area contributed by atoms with Crippen LogP contribution in [0.25, 0.3) is 0 Å². The van der Waals surface area contributed by atoms with Crippen LogP contribution in [0.2, 0.25) is 5.02 Å². The van der Waals surface area contributed by atoms with Crippen molar-refractivity contribution >= 4 is 29.2 Å². The molecule has 0 spiro atoms. The van der Waals surface area contributed by atoms with Crippen molar-refractivity contribution in [1.29, 1.82) is 0 Å². The van der Waals surface area contributed by atoms with Gasteiger partial charge >= 0.3 is 5.97 Å². The minimum absolute atomic E-state index is 0.0140. The highest BCUT2D eigenvalue weighted by molar-refractivity contribution is 6.31. The Labute approximate surface area is 159 Å². The van der Waals surface area contributed by atoms with Gasteiger partial charge < -0.3 is 4.74 Å². The van der Waals surface area contributed by atoms with Crippen molar-refractivity contribution in [2.24, 2.45) is 0 Å². The summed E-state index contributed by atoms with van der Waals surface area (Å²) in [4.78, 5) is 25.8. The van der Waals surface area contributed by atoms with Gasteiger partial charge in [-0.25, -0.2) is 13.2 Å². The molecular weight excluding hydrogens is 383 g/mol. The number of anilines is 1. The molecule has 0 N–H and O–H groups in total. The zero-order valence-electron chi connectivity index (χ0n) is 14.9. The molecule has 0 aliphatic rings. The van der Waals surface area contributed by atoms with E-state index in [2.05, 4.69) is 0 Å². The molecule has 1 amide bonds. The minimum Gasteiger partial charge on any atom is -0.459 e. The number of ether oxygens (including phenoxy) is 1. The largest absolute Gasteiger partial charge is 0.459 e. The van der Waals surface area contributed by atoms with Gasteiger partial charge in [0.2, 0.25) is 0 Å². The fourth-order valence-corrected chi connectivity index (χ4v) is 2.45. The third-order valence-electron chi connectivity index (χ3n) is 3.34. The van der Waals surface area contributed by atoms with Crippen molar-refractivity contribution in [2.75, 3.05) is 11.4 Å². The smallest absolute Gasteiger partial charge is 0.326 e. The van der Waals surface area contributed by atoms with Crippen LogP contribution < -0.4 is 4.90 Å².